The predicted molar refractivity (Wildman–Crippen MR) is 121 cm³/mol. The summed E-state index contributed by atoms with van der Waals surface area (Å²) in [5, 5.41) is 2.27. The lowest BCUT2D eigenvalue weighted by atomic mass is 9.93. The fourth-order valence-electron chi connectivity index (χ4n) is 4.43. The van der Waals surface area contributed by atoms with Gasteiger partial charge in [0, 0.05) is 18.4 Å². The second-order valence-corrected chi connectivity index (χ2v) is 8.27. The largest absolute Gasteiger partial charge is 0.488 e. The van der Waals surface area contributed by atoms with Crippen molar-refractivity contribution in [2.75, 3.05) is 0 Å². The second kappa shape index (κ2) is 8.50. The van der Waals surface area contributed by atoms with E-state index in [-0.39, 0.29) is 5.57 Å². The molecule has 1 heterocycles. The van der Waals surface area contributed by atoms with Crippen LogP contribution in [0.4, 0.5) is 0 Å². The van der Waals surface area contributed by atoms with Gasteiger partial charge in [-0.15, -0.1) is 0 Å². The number of carbonyl (C=O) groups is 2. The third kappa shape index (κ3) is 3.98. The Labute approximate surface area is 186 Å². The van der Waals surface area contributed by atoms with Crippen molar-refractivity contribution in [3.63, 3.8) is 0 Å². The van der Waals surface area contributed by atoms with Crippen molar-refractivity contribution in [2.45, 2.75) is 44.5 Å². The Bertz CT molecular complexity index is 1180. The topological polar surface area (TPSA) is 61.8 Å². The van der Waals surface area contributed by atoms with Crippen molar-refractivity contribution in [3.05, 3.63) is 83.4 Å². The van der Waals surface area contributed by atoms with E-state index in [0.717, 1.165) is 35.6 Å². The molecule has 0 unspecified atom stereocenters. The van der Waals surface area contributed by atoms with Gasteiger partial charge in [-0.1, -0.05) is 67.1 Å². The van der Waals surface area contributed by atoms with Gasteiger partial charge in [0.1, 0.15) is 17.9 Å². The maximum Gasteiger partial charge on any atom is 0.348 e. The van der Waals surface area contributed by atoms with Gasteiger partial charge in [-0.3, -0.25) is 0 Å². The van der Waals surface area contributed by atoms with Crippen LogP contribution in [0.1, 0.15) is 43.2 Å². The van der Waals surface area contributed by atoms with E-state index in [0.29, 0.717) is 30.8 Å². The molecule has 0 N–H and O–H groups in total. The van der Waals surface area contributed by atoms with Crippen LogP contribution in [0.2, 0.25) is 0 Å². The van der Waals surface area contributed by atoms with Gasteiger partial charge in [-0.2, -0.15) is 0 Å². The van der Waals surface area contributed by atoms with Gasteiger partial charge in [0.25, 0.3) is 5.79 Å². The SMILES string of the molecule is O=C1OC2(CCCCC2)OC(=O)C1=Cc1ccccc1OCc1cccc2ccccc12. The molecular weight excluding hydrogens is 404 g/mol. The summed E-state index contributed by atoms with van der Waals surface area (Å²) in [5.74, 6) is -1.78. The molecule has 2 aliphatic rings. The van der Waals surface area contributed by atoms with Crippen molar-refractivity contribution >= 4 is 28.8 Å². The van der Waals surface area contributed by atoms with Crippen LogP contribution in [0.5, 0.6) is 5.75 Å². The van der Waals surface area contributed by atoms with Crippen LogP contribution in [0, 0.1) is 0 Å². The number of benzene rings is 3. The molecule has 1 aliphatic heterocycles. The highest BCUT2D eigenvalue weighted by Gasteiger charge is 2.46. The van der Waals surface area contributed by atoms with Crippen LogP contribution in [0.15, 0.2) is 72.3 Å². The van der Waals surface area contributed by atoms with E-state index in [1.54, 1.807) is 6.07 Å². The maximum atomic E-state index is 12.7. The standard InChI is InChI=1S/C27H24O5/c28-25-23(26(29)32-27(31-25)15-6-1-7-16-27)17-20-10-3-5-14-24(20)30-18-21-12-8-11-19-9-2-4-13-22(19)21/h2-5,8-14,17H,1,6-7,15-16,18H2. The summed E-state index contributed by atoms with van der Waals surface area (Å²) in [5.41, 5.74) is 1.57. The van der Waals surface area contributed by atoms with Crippen LogP contribution in [0.25, 0.3) is 16.8 Å². The molecule has 3 aromatic rings. The van der Waals surface area contributed by atoms with Crippen molar-refractivity contribution in [1.82, 2.24) is 0 Å². The Kier molecular flexibility index (Phi) is 5.39. The predicted octanol–water partition coefficient (Wildman–Crippen LogP) is 5.56. The highest BCUT2D eigenvalue weighted by molar-refractivity contribution is 6.19. The molecule has 0 radical (unpaired) electrons. The number of hydrogen-bond donors (Lipinski definition) is 0. The van der Waals surface area contributed by atoms with E-state index in [2.05, 4.69) is 18.2 Å². The number of para-hydroxylation sites is 1. The molecule has 5 nitrogen and oxygen atoms in total. The molecule has 5 rings (SSSR count). The number of carbonyl (C=O) groups excluding carboxylic acids is 2. The minimum Gasteiger partial charge on any atom is -0.488 e. The number of fused-ring (bicyclic) bond motifs is 1. The lowest BCUT2D eigenvalue weighted by Crippen LogP contribution is -2.47. The summed E-state index contributed by atoms with van der Waals surface area (Å²) in [4.78, 5) is 25.4. The van der Waals surface area contributed by atoms with Crippen molar-refractivity contribution in [3.8, 4) is 5.75 Å². The number of hydrogen-bond acceptors (Lipinski definition) is 5. The average Bonchev–Trinajstić information content (AvgIpc) is 2.81. The van der Waals surface area contributed by atoms with Crippen molar-refractivity contribution in [1.29, 1.82) is 0 Å². The van der Waals surface area contributed by atoms with Gasteiger partial charge in [0.2, 0.25) is 0 Å². The smallest absolute Gasteiger partial charge is 0.348 e. The van der Waals surface area contributed by atoms with Gasteiger partial charge in [0.15, 0.2) is 0 Å². The molecule has 0 amide bonds. The summed E-state index contributed by atoms with van der Waals surface area (Å²) in [6.45, 7) is 0.361. The molecule has 162 valence electrons. The van der Waals surface area contributed by atoms with Crippen molar-refractivity contribution in [2.24, 2.45) is 0 Å². The average molecular weight is 428 g/mol. The van der Waals surface area contributed by atoms with E-state index >= 15 is 0 Å². The Hall–Kier alpha value is -3.60. The van der Waals surface area contributed by atoms with E-state index < -0.39 is 17.7 Å². The lowest BCUT2D eigenvalue weighted by Gasteiger charge is -2.38. The number of ether oxygens (including phenoxy) is 3. The summed E-state index contributed by atoms with van der Waals surface area (Å²) in [6, 6.07) is 21.6. The first-order valence-electron chi connectivity index (χ1n) is 11.0. The molecule has 0 bridgehead atoms. The maximum absolute atomic E-state index is 12.7. The molecule has 5 heteroatoms. The Morgan fingerprint density at radius 1 is 0.812 bits per heavy atom. The molecule has 1 saturated heterocycles. The third-order valence-corrected chi connectivity index (χ3v) is 6.09. The van der Waals surface area contributed by atoms with Crippen LogP contribution in [0.3, 0.4) is 0 Å². The first-order valence-corrected chi connectivity index (χ1v) is 11.0. The molecule has 2 fully saturated rings. The zero-order valence-electron chi connectivity index (χ0n) is 17.7. The summed E-state index contributed by atoms with van der Waals surface area (Å²) < 4.78 is 17.3. The van der Waals surface area contributed by atoms with Crippen LogP contribution in [-0.2, 0) is 25.7 Å². The van der Waals surface area contributed by atoms with Gasteiger partial charge < -0.3 is 14.2 Å². The Balaban J connectivity index is 1.38. The van der Waals surface area contributed by atoms with Gasteiger partial charge in [-0.25, -0.2) is 9.59 Å². The van der Waals surface area contributed by atoms with E-state index in [1.807, 2.05) is 42.5 Å². The zero-order chi connectivity index (χ0) is 22.0. The van der Waals surface area contributed by atoms with E-state index in [1.165, 1.54) is 6.08 Å². The molecule has 0 aromatic heterocycles. The molecule has 1 spiro atoms. The van der Waals surface area contributed by atoms with Gasteiger partial charge in [-0.05, 0) is 41.3 Å². The molecule has 0 atom stereocenters. The minimum atomic E-state index is -1.09. The van der Waals surface area contributed by atoms with E-state index in [9.17, 15) is 9.59 Å². The Morgan fingerprint density at radius 3 is 2.31 bits per heavy atom. The lowest BCUT2D eigenvalue weighted by molar-refractivity contribution is -0.244. The monoisotopic (exact) mass is 428 g/mol. The van der Waals surface area contributed by atoms with Gasteiger partial charge in [0.05, 0.1) is 0 Å². The number of esters is 2. The molecule has 1 aliphatic carbocycles. The Morgan fingerprint density at radius 2 is 1.50 bits per heavy atom. The molecular formula is C27H24O5. The van der Waals surface area contributed by atoms with E-state index in [4.69, 9.17) is 14.2 Å². The first-order chi connectivity index (χ1) is 15.6. The quantitative estimate of drug-likeness (QED) is 0.309. The second-order valence-electron chi connectivity index (χ2n) is 8.27. The highest BCUT2D eigenvalue weighted by atomic mass is 16.7. The fraction of sp³-hybridized carbons (Fsp3) is 0.259. The number of rotatable bonds is 4. The molecule has 1 saturated carbocycles. The minimum absolute atomic E-state index is 0.109. The van der Waals surface area contributed by atoms with Crippen molar-refractivity contribution < 1.29 is 23.8 Å². The molecule has 32 heavy (non-hydrogen) atoms. The van der Waals surface area contributed by atoms with Crippen LogP contribution in [-0.4, -0.2) is 17.7 Å². The first kappa shape index (κ1) is 20.3. The summed E-state index contributed by atoms with van der Waals surface area (Å²) in [6.07, 6.45) is 5.43. The fourth-order valence-corrected chi connectivity index (χ4v) is 4.43. The summed E-state index contributed by atoms with van der Waals surface area (Å²) in [7, 11) is 0. The molecule has 3 aromatic carbocycles. The van der Waals surface area contributed by atoms with Crippen LogP contribution >= 0.6 is 0 Å². The highest BCUT2D eigenvalue weighted by Crippen LogP contribution is 2.37. The third-order valence-electron chi connectivity index (χ3n) is 6.09. The van der Waals surface area contributed by atoms with Gasteiger partial charge >= 0.3 is 11.9 Å². The summed E-state index contributed by atoms with van der Waals surface area (Å²) >= 11 is 0. The van der Waals surface area contributed by atoms with Crippen LogP contribution < -0.4 is 4.74 Å². The zero-order valence-corrected chi connectivity index (χ0v) is 17.7. The normalized spacial score (nSPS) is 17.7.